The molecule has 6 nitrogen and oxygen atoms in total. The van der Waals surface area contributed by atoms with E-state index in [-0.39, 0.29) is 12.4 Å². The van der Waals surface area contributed by atoms with Gasteiger partial charge in [-0.1, -0.05) is 0 Å². The molecule has 9 heteroatoms. The van der Waals surface area contributed by atoms with Gasteiger partial charge >= 0.3 is 0 Å². The number of benzene rings is 1. The van der Waals surface area contributed by atoms with Gasteiger partial charge in [0.2, 0.25) is 10.0 Å². The largest absolute Gasteiger partial charge is 0.493 e. The van der Waals surface area contributed by atoms with E-state index in [0.29, 0.717) is 11.4 Å². The number of nitrogens with zero attached hydrogens (tertiary/aromatic N) is 1. The third-order valence-corrected chi connectivity index (χ3v) is 7.09. The van der Waals surface area contributed by atoms with Gasteiger partial charge in [0.1, 0.15) is 0 Å². The van der Waals surface area contributed by atoms with Gasteiger partial charge in [-0.3, -0.25) is 4.90 Å². The summed E-state index contributed by atoms with van der Waals surface area (Å²) in [5.41, 5.74) is 2.59. The molecule has 0 atom stereocenters. The number of sulfonamides is 1. The summed E-state index contributed by atoms with van der Waals surface area (Å²) in [7, 11) is -0.0421. The van der Waals surface area contributed by atoms with Gasteiger partial charge in [0, 0.05) is 25.0 Å². The molecule has 1 aromatic carbocycles. The van der Waals surface area contributed by atoms with Crippen LogP contribution in [0.15, 0.2) is 33.9 Å². The van der Waals surface area contributed by atoms with Crippen molar-refractivity contribution in [3.05, 3.63) is 40.1 Å². The standard InChI is InChI=1S/C19H26N2O4S2.ClH/c1-24-18-11-15-5-9-21(13-16(15)12-19(18)25-2)8-4-3-7-20-27(22,23)17-6-10-26-14-17;/h6,10-12,14,20H,3-5,7-9,13H2,1-2H3;1H. The number of methoxy groups -OCH3 is 2. The number of hydrogen-bond donors (Lipinski definition) is 1. The summed E-state index contributed by atoms with van der Waals surface area (Å²) >= 11 is 1.39. The fourth-order valence-electron chi connectivity index (χ4n) is 3.29. The summed E-state index contributed by atoms with van der Waals surface area (Å²) in [5, 5.41) is 3.42. The summed E-state index contributed by atoms with van der Waals surface area (Å²) in [6.45, 7) is 3.31. The Balaban J connectivity index is 0.00000280. The lowest BCUT2D eigenvalue weighted by Crippen LogP contribution is -2.32. The Labute approximate surface area is 177 Å². The molecule has 0 bridgehead atoms. The van der Waals surface area contributed by atoms with E-state index in [1.807, 2.05) is 0 Å². The minimum absolute atomic E-state index is 0. The Hall–Kier alpha value is -1.32. The minimum Gasteiger partial charge on any atom is -0.493 e. The Morgan fingerprint density at radius 2 is 1.86 bits per heavy atom. The molecule has 1 aromatic heterocycles. The van der Waals surface area contributed by atoms with Crippen molar-refractivity contribution in [1.29, 1.82) is 0 Å². The molecule has 3 rings (SSSR count). The van der Waals surface area contributed by atoms with Crippen LogP contribution in [0.25, 0.3) is 0 Å². The Bertz CT molecular complexity index is 857. The van der Waals surface area contributed by atoms with Gasteiger partial charge in [-0.15, -0.1) is 12.4 Å². The number of nitrogens with one attached hydrogen (secondary N) is 1. The quantitative estimate of drug-likeness (QED) is 0.598. The van der Waals surface area contributed by atoms with E-state index in [1.54, 1.807) is 31.0 Å². The van der Waals surface area contributed by atoms with Crippen LogP contribution in [-0.2, 0) is 23.0 Å². The van der Waals surface area contributed by atoms with Crippen LogP contribution < -0.4 is 14.2 Å². The molecule has 2 aromatic rings. The van der Waals surface area contributed by atoms with E-state index >= 15 is 0 Å². The average molecular weight is 447 g/mol. The van der Waals surface area contributed by atoms with E-state index in [0.717, 1.165) is 50.4 Å². The second-order valence-electron chi connectivity index (χ2n) is 6.57. The molecule has 1 N–H and O–H groups in total. The molecular weight excluding hydrogens is 420 g/mol. The second kappa shape index (κ2) is 10.5. The highest BCUT2D eigenvalue weighted by molar-refractivity contribution is 7.89. The second-order valence-corrected chi connectivity index (χ2v) is 9.11. The van der Waals surface area contributed by atoms with Crippen molar-refractivity contribution in [3.63, 3.8) is 0 Å². The molecule has 2 heterocycles. The molecule has 0 amide bonds. The van der Waals surface area contributed by atoms with Gasteiger partial charge in [0.25, 0.3) is 0 Å². The monoisotopic (exact) mass is 446 g/mol. The van der Waals surface area contributed by atoms with Crippen LogP contribution in [0, 0.1) is 0 Å². The van der Waals surface area contributed by atoms with Crippen molar-refractivity contribution >= 4 is 33.8 Å². The summed E-state index contributed by atoms with van der Waals surface area (Å²) in [6, 6.07) is 5.77. The molecule has 0 radical (unpaired) electrons. The zero-order valence-corrected chi connectivity index (χ0v) is 18.6. The van der Waals surface area contributed by atoms with Crippen molar-refractivity contribution in [1.82, 2.24) is 9.62 Å². The summed E-state index contributed by atoms with van der Waals surface area (Å²) in [5.74, 6) is 1.54. The lowest BCUT2D eigenvalue weighted by atomic mass is 9.98. The molecule has 0 spiro atoms. The van der Waals surface area contributed by atoms with Gasteiger partial charge in [0.05, 0.1) is 19.1 Å². The highest BCUT2D eigenvalue weighted by Crippen LogP contribution is 2.33. The maximum absolute atomic E-state index is 12.1. The third-order valence-electron chi connectivity index (χ3n) is 4.80. The molecule has 156 valence electrons. The maximum Gasteiger partial charge on any atom is 0.241 e. The van der Waals surface area contributed by atoms with Gasteiger partial charge in [-0.25, -0.2) is 13.1 Å². The van der Waals surface area contributed by atoms with E-state index in [4.69, 9.17) is 9.47 Å². The number of rotatable bonds is 9. The molecule has 0 aliphatic carbocycles. The van der Waals surface area contributed by atoms with Crippen LogP contribution >= 0.6 is 23.7 Å². The normalized spacial score (nSPS) is 14.2. The smallest absolute Gasteiger partial charge is 0.241 e. The number of ether oxygens (including phenoxy) is 2. The minimum atomic E-state index is -3.36. The number of hydrogen-bond acceptors (Lipinski definition) is 6. The molecule has 0 unspecified atom stereocenters. The number of fused-ring (bicyclic) bond motifs is 1. The highest BCUT2D eigenvalue weighted by atomic mass is 35.5. The molecule has 0 fully saturated rings. The third kappa shape index (κ3) is 5.61. The maximum atomic E-state index is 12.1. The van der Waals surface area contributed by atoms with E-state index in [9.17, 15) is 8.42 Å². The van der Waals surface area contributed by atoms with Crippen LogP contribution in [0.3, 0.4) is 0 Å². The van der Waals surface area contributed by atoms with Crippen LogP contribution in [0.1, 0.15) is 24.0 Å². The zero-order valence-electron chi connectivity index (χ0n) is 16.1. The summed E-state index contributed by atoms with van der Waals surface area (Å²) in [6.07, 6.45) is 2.76. The van der Waals surface area contributed by atoms with Crippen molar-refractivity contribution in [2.24, 2.45) is 0 Å². The number of halogens is 1. The van der Waals surface area contributed by atoms with Crippen molar-refractivity contribution in [2.75, 3.05) is 33.9 Å². The van der Waals surface area contributed by atoms with Crippen molar-refractivity contribution < 1.29 is 17.9 Å². The zero-order chi connectivity index (χ0) is 19.3. The summed E-state index contributed by atoms with van der Waals surface area (Å²) in [4.78, 5) is 2.76. The van der Waals surface area contributed by atoms with Gasteiger partial charge < -0.3 is 9.47 Å². The lowest BCUT2D eigenvalue weighted by molar-refractivity contribution is 0.248. The topological polar surface area (TPSA) is 67.9 Å². The predicted octanol–water partition coefficient (Wildman–Crippen LogP) is 3.30. The SMILES string of the molecule is COc1cc2c(cc1OC)CN(CCCCNS(=O)(=O)c1ccsc1)CC2.Cl. The number of thiophene rings is 1. The fourth-order valence-corrected chi connectivity index (χ4v) is 5.39. The molecule has 1 aliphatic rings. The molecular formula is C19H27ClN2O4S2. The Kier molecular flexibility index (Phi) is 8.57. The molecule has 0 saturated heterocycles. The first-order chi connectivity index (χ1) is 13.0. The first-order valence-electron chi connectivity index (χ1n) is 9.01. The van der Waals surface area contributed by atoms with Crippen molar-refractivity contribution in [3.8, 4) is 11.5 Å². The van der Waals surface area contributed by atoms with Gasteiger partial charge in [-0.05, 0) is 60.5 Å². The lowest BCUT2D eigenvalue weighted by Gasteiger charge is -2.29. The number of unbranched alkanes of at least 4 members (excludes halogenated alkanes) is 1. The van der Waals surface area contributed by atoms with Crippen LogP contribution in [-0.4, -0.2) is 47.2 Å². The van der Waals surface area contributed by atoms with E-state index in [2.05, 4.69) is 21.8 Å². The van der Waals surface area contributed by atoms with Gasteiger partial charge in [0.15, 0.2) is 11.5 Å². The van der Waals surface area contributed by atoms with E-state index in [1.165, 1.54) is 22.5 Å². The molecule has 0 saturated carbocycles. The first-order valence-corrected chi connectivity index (χ1v) is 11.4. The van der Waals surface area contributed by atoms with Crippen LogP contribution in [0.4, 0.5) is 0 Å². The highest BCUT2D eigenvalue weighted by Gasteiger charge is 2.19. The first kappa shape index (κ1) is 23.0. The van der Waals surface area contributed by atoms with Gasteiger partial charge in [-0.2, -0.15) is 11.3 Å². The van der Waals surface area contributed by atoms with Crippen molar-refractivity contribution in [2.45, 2.75) is 30.7 Å². The fraction of sp³-hybridized carbons (Fsp3) is 0.474. The van der Waals surface area contributed by atoms with E-state index < -0.39 is 10.0 Å². The Morgan fingerprint density at radius 3 is 2.50 bits per heavy atom. The summed E-state index contributed by atoms with van der Waals surface area (Å²) < 4.78 is 37.6. The average Bonchev–Trinajstić information content (AvgIpc) is 3.22. The molecule has 28 heavy (non-hydrogen) atoms. The van der Waals surface area contributed by atoms with Crippen LogP contribution in [0.5, 0.6) is 11.5 Å². The predicted molar refractivity (Wildman–Crippen MR) is 115 cm³/mol. The van der Waals surface area contributed by atoms with Crippen LogP contribution in [0.2, 0.25) is 0 Å². The Morgan fingerprint density at radius 1 is 1.14 bits per heavy atom. The molecule has 1 aliphatic heterocycles.